The Kier molecular flexibility index (Phi) is 11.5. The molecule has 0 aliphatic carbocycles. The van der Waals surface area contributed by atoms with Gasteiger partial charge < -0.3 is 35.0 Å². The number of aliphatic hydroxyl groups is 1. The molecule has 9 nitrogen and oxygen atoms in total. The van der Waals surface area contributed by atoms with Crippen LogP contribution in [-0.4, -0.2) is 59.8 Å². The van der Waals surface area contributed by atoms with E-state index in [1.165, 1.54) is 0 Å². The van der Waals surface area contributed by atoms with Gasteiger partial charge in [-0.3, -0.25) is 9.59 Å². The number of halogens is 5. The summed E-state index contributed by atoms with van der Waals surface area (Å²) in [6.45, 7) is 2.15. The van der Waals surface area contributed by atoms with E-state index in [1.54, 1.807) is 18.2 Å². The van der Waals surface area contributed by atoms with Crippen LogP contribution >= 0.6 is 0 Å². The first-order valence-corrected chi connectivity index (χ1v) is 19.4. The van der Waals surface area contributed by atoms with Gasteiger partial charge in [0, 0.05) is 43.9 Å². The summed E-state index contributed by atoms with van der Waals surface area (Å²) in [4.78, 5) is 30.4. The van der Waals surface area contributed by atoms with Gasteiger partial charge in [-0.15, -0.1) is 0 Å². The average Bonchev–Trinajstić information content (AvgIpc) is 3.59. The minimum atomic E-state index is -2.34. The van der Waals surface area contributed by atoms with Crippen molar-refractivity contribution in [1.29, 1.82) is 0 Å². The first-order valence-electron chi connectivity index (χ1n) is 19.4. The maximum absolute atomic E-state index is 14.3. The van der Waals surface area contributed by atoms with Crippen LogP contribution in [0, 0.1) is 29.1 Å². The molecule has 306 valence electrons. The highest BCUT2D eigenvalue weighted by Crippen LogP contribution is 2.41. The molecular weight excluding hydrogens is 772 g/mol. The molecule has 3 unspecified atom stereocenters. The quantitative estimate of drug-likeness (QED) is 0.0766. The lowest BCUT2D eigenvalue weighted by molar-refractivity contribution is -0.253. The van der Waals surface area contributed by atoms with E-state index in [0.717, 1.165) is 33.5 Å². The summed E-state index contributed by atoms with van der Waals surface area (Å²) in [6, 6.07) is 32.1. The summed E-state index contributed by atoms with van der Waals surface area (Å²) in [7, 11) is 0. The minimum Gasteiger partial charge on any atom is -0.392 e. The van der Waals surface area contributed by atoms with E-state index in [9.17, 15) is 36.6 Å². The molecule has 5 aromatic rings. The van der Waals surface area contributed by atoms with Gasteiger partial charge in [-0.2, -0.15) is 0 Å². The number of amides is 2. The number of rotatable bonds is 10. The van der Waals surface area contributed by atoms with Gasteiger partial charge in [-0.25, -0.2) is 22.0 Å². The van der Waals surface area contributed by atoms with Crippen LogP contribution in [0.2, 0.25) is 0 Å². The van der Waals surface area contributed by atoms with Crippen molar-refractivity contribution in [3.05, 3.63) is 160 Å². The Bertz CT molecular complexity index is 2310. The average molecular weight is 813 g/mol. The topological polar surface area (TPSA) is 103 Å². The summed E-state index contributed by atoms with van der Waals surface area (Å²) in [6.07, 6.45) is 0.575. The Morgan fingerprint density at radius 2 is 1.42 bits per heavy atom. The molecule has 3 saturated heterocycles. The van der Waals surface area contributed by atoms with Gasteiger partial charge >= 0.3 is 0 Å². The molecule has 3 fully saturated rings. The van der Waals surface area contributed by atoms with E-state index in [0.29, 0.717) is 51.1 Å². The predicted octanol–water partition coefficient (Wildman–Crippen LogP) is 7.45. The minimum absolute atomic E-state index is 0.0501. The molecule has 0 bridgehead atoms. The third-order valence-electron chi connectivity index (χ3n) is 11.5. The molecule has 14 heteroatoms. The van der Waals surface area contributed by atoms with Crippen molar-refractivity contribution in [2.45, 2.75) is 56.5 Å². The highest BCUT2D eigenvalue weighted by atomic mass is 19.2. The number of hydrogen-bond acceptors (Lipinski definition) is 7. The summed E-state index contributed by atoms with van der Waals surface area (Å²) >= 11 is 0. The predicted molar refractivity (Wildman–Crippen MR) is 208 cm³/mol. The van der Waals surface area contributed by atoms with Crippen LogP contribution in [0.5, 0.6) is 0 Å². The van der Waals surface area contributed by atoms with Crippen molar-refractivity contribution in [3.8, 4) is 11.1 Å². The van der Waals surface area contributed by atoms with E-state index in [1.807, 2.05) is 84.9 Å². The lowest BCUT2D eigenvalue weighted by Crippen LogP contribution is -2.57. The zero-order chi connectivity index (χ0) is 41.3. The summed E-state index contributed by atoms with van der Waals surface area (Å²) in [5.74, 6) is -12.6. The van der Waals surface area contributed by atoms with E-state index in [2.05, 4.69) is 20.4 Å². The van der Waals surface area contributed by atoms with E-state index in [-0.39, 0.29) is 31.3 Å². The molecule has 2 amide bonds. The van der Waals surface area contributed by atoms with Crippen LogP contribution in [-0.2, 0) is 27.4 Å². The molecule has 3 atom stereocenters. The standard InChI is InChI=1S/C45H41F5N4O5/c46-37-36(38(47)40(49)41(50)39(37)48)42(56)51-23-28-6-4-7-30(20-28)31-8-5-9-32(21-31)43-58-34(22-35(59-43)29-14-12-27(25-55)13-15-29)24-53-18-16-45(17-19-53)44(57)52-26-54(45)33-10-2-1-3-11-33/h1-15,20-21,34-35,43,55H,16-19,22-26H2,(H,51,56)(H,52,57). The SMILES string of the molecule is O=C(NCc1cccc(-c2cccc(C3OC(CN4CCC5(CC4)C(=O)NCN5c4ccccc4)CC(c4ccc(CO)cc4)O3)c2)c1)c1c(F)c(F)c(F)c(F)c1F. The van der Waals surface area contributed by atoms with Gasteiger partial charge in [0.2, 0.25) is 11.7 Å². The number of carbonyl (C=O) groups is 2. The summed E-state index contributed by atoms with van der Waals surface area (Å²) in [5, 5.41) is 15.0. The Labute approximate surface area is 337 Å². The van der Waals surface area contributed by atoms with Crippen LogP contribution in [0.4, 0.5) is 27.6 Å². The summed E-state index contributed by atoms with van der Waals surface area (Å²) < 4.78 is 82.8. The molecule has 0 saturated carbocycles. The molecule has 59 heavy (non-hydrogen) atoms. The number of anilines is 1. The Morgan fingerprint density at radius 1 is 0.763 bits per heavy atom. The number of piperidine rings is 1. The van der Waals surface area contributed by atoms with Gasteiger partial charge in [0.05, 0.1) is 25.5 Å². The molecule has 3 heterocycles. The first kappa shape index (κ1) is 40.1. The highest BCUT2D eigenvalue weighted by molar-refractivity contribution is 5.95. The molecule has 8 rings (SSSR count). The molecule has 1 spiro atoms. The maximum atomic E-state index is 14.3. The number of nitrogens with one attached hydrogen (secondary N) is 2. The van der Waals surface area contributed by atoms with Crippen molar-refractivity contribution in [3.63, 3.8) is 0 Å². The highest BCUT2D eigenvalue weighted by Gasteiger charge is 2.50. The van der Waals surface area contributed by atoms with Crippen LogP contribution in [0.1, 0.15) is 64.3 Å². The van der Waals surface area contributed by atoms with Crippen LogP contribution in [0.15, 0.2) is 103 Å². The van der Waals surface area contributed by atoms with Gasteiger partial charge in [-0.05, 0) is 64.9 Å². The van der Waals surface area contributed by atoms with Gasteiger partial charge in [0.25, 0.3) is 5.91 Å². The fraction of sp³-hybridized carbons (Fsp3) is 0.289. The van der Waals surface area contributed by atoms with Crippen LogP contribution in [0.3, 0.4) is 0 Å². The molecule has 3 N–H and O–H groups in total. The number of likely N-dealkylation sites (tertiary alicyclic amines) is 1. The summed E-state index contributed by atoms with van der Waals surface area (Å²) in [5.41, 5.74) is 3.30. The molecule has 0 radical (unpaired) electrons. The van der Waals surface area contributed by atoms with E-state index < -0.39 is 52.4 Å². The Hall–Kier alpha value is -5.67. The van der Waals surface area contributed by atoms with Gasteiger partial charge in [-0.1, -0.05) is 78.9 Å². The molecule has 3 aliphatic rings. The normalized spacial score (nSPS) is 20.5. The van der Waals surface area contributed by atoms with Crippen LogP contribution < -0.4 is 15.5 Å². The van der Waals surface area contributed by atoms with Gasteiger partial charge in [0.1, 0.15) is 11.1 Å². The number of hydrogen-bond donors (Lipinski definition) is 3. The van der Waals surface area contributed by atoms with E-state index >= 15 is 0 Å². The van der Waals surface area contributed by atoms with Crippen molar-refractivity contribution >= 4 is 17.5 Å². The number of para-hydroxylation sites is 1. The largest absolute Gasteiger partial charge is 0.392 e. The second kappa shape index (κ2) is 16.9. The number of nitrogens with zero attached hydrogens (tertiary/aromatic N) is 2. The van der Waals surface area contributed by atoms with Crippen molar-refractivity contribution < 1.29 is 46.1 Å². The zero-order valence-corrected chi connectivity index (χ0v) is 31.8. The number of benzene rings is 5. The zero-order valence-electron chi connectivity index (χ0n) is 31.8. The second-order valence-corrected chi connectivity index (χ2v) is 15.1. The Morgan fingerprint density at radius 3 is 2.12 bits per heavy atom. The van der Waals surface area contributed by atoms with Crippen LogP contribution in [0.25, 0.3) is 11.1 Å². The molecule has 3 aliphatic heterocycles. The lowest BCUT2D eigenvalue weighted by Gasteiger charge is -2.45. The van der Waals surface area contributed by atoms with Crippen molar-refractivity contribution in [2.75, 3.05) is 31.2 Å². The second-order valence-electron chi connectivity index (χ2n) is 15.1. The van der Waals surface area contributed by atoms with Crippen molar-refractivity contribution in [1.82, 2.24) is 15.5 Å². The monoisotopic (exact) mass is 812 g/mol. The lowest BCUT2D eigenvalue weighted by atomic mass is 9.85. The maximum Gasteiger partial charge on any atom is 0.257 e. The number of carbonyl (C=O) groups excluding carboxylic acids is 2. The molecule has 5 aromatic carbocycles. The van der Waals surface area contributed by atoms with Crippen molar-refractivity contribution in [2.24, 2.45) is 0 Å². The number of aliphatic hydroxyl groups excluding tert-OH is 1. The number of ether oxygens (including phenoxy) is 2. The smallest absolute Gasteiger partial charge is 0.257 e. The third kappa shape index (κ3) is 8.05. The fourth-order valence-corrected chi connectivity index (χ4v) is 8.26. The molecule has 0 aromatic heterocycles. The van der Waals surface area contributed by atoms with Gasteiger partial charge in [0.15, 0.2) is 29.6 Å². The van der Waals surface area contributed by atoms with E-state index in [4.69, 9.17) is 9.47 Å². The first-order chi connectivity index (χ1) is 28.5. The molecular formula is C45H41F5N4O5. The Balaban J connectivity index is 0.984. The third-order valence-corrected chi connectivity index (χ3v) is 11.5. The fourth-order valence-electron chi connectivity index (χ4n) is 8.26.